The van der Waals surface area contributed by atoms with E-state index in [9.17, 15) is 4.79 Å². The van der Waals surface area contributed by atoms with Gasteiger partial charge in [0, 0.05) is 50.5 Å². The van der Waals surface area contributed by atoms with Gasteiger partial charge in [-0.3, -0.25) is 14.7 Å². The number of rotatable bonds is 6. The van der Waals surface area contributed by atoms with Crippen molar-refractivity contribution in [1.82, 2.24) is 9.80 Å². The van der Waals surface area contributed by atoms with Gasteiger partial charge in [0.15, 0.2) is 0 Å². The zero-order valence-corrected chi connectivity index (χ0v) is 15.7. The number of hydrogen-bond donors (Lipinski definition) is 0. The number of ether oxygens (including phenoxy) is 1. The molecule has 0 aromatic carbocycles. The first kappa shape index (κ1) is 18.2. The largest absolute Gasteiger partial charge is 0.462 e. The number of aliphatic imine (C=N–C) groups is 1. The molecule has 0 aromatic heterocycles. The summed E-state index contributed by atoms with van der Waals surface area (Å²) < 4.78 is 5.63. The molecule has 0 bridgehead atoms. The van der Waals surface area contributed by atoms with Crippen molar-refractivity contribution >= 4 is 12.7 Å². The lowest BCUT2D eigenvalue weighted by Gasteiger charge is -2.37. The summed E-state index contributed by atoms with van der Waals surface area (Å²) in [5, 5.41) is 0. The van der Waals surface area contributed by atoms with Crippen LogP contribution >= 0.6 is 0 Å². The van der Waals surface area contributed by atoms with Crippen molar-refractivity contribution in [2.24, 2.45) is 10.4 Å². The second kappa shape index (κ2) is 7.73. The lowest BCUT2D eigenvalue weighted by atomic mass is 9.67. The number of piperazine rings is 1. The van der Waals surface area contributed by atoms with Gasteiger partial charge in [-0.05, 0) is 45.9 Å². The molecule has 2 aliphatic heterocycles. The van der Waals surface area contributed by atoms with Crippen molar-refractivity contribution < 1.29 is 9.53 Å². The quantitative estimate of drug-likeness (QED) is 0.422. The summed E-state index contributed by atoms with van der Waals surface area (Å²) in [5.74, 6) is 0.0734. The molecule has 2 heterocycles. The summed E-state index contributed by atoms with van der Waals surface area (Å²) in [6.45, 7) is 12.8. The van der Waals surface area contributed by atoms with Crippen molar-refractivity contribution in [3.63, 3.8) is 0 Å². The van der Waals surface area contributed by atoms with E-state index in [1.54, 1.807) is 0 Å². The number of cyclic esters (lactones) is 1. The number of carbonyl (C=O) groups is 1. The average Bonchev–Trinajstić information content (AvgIpc) is 2.95. The lowest BCUT2D eigenvalue weighted by molar-refractivity contribution is -0.152. The first-order chi connectivity index (χ1) is 12.1. The molecule has 1 spiro atoms. The molecule has 138 valence electrons. The summed E-state index contributed by atoms with van der Waals surface area (Å²) >= 11 is 0. The van der Waals surface area contributed by atoms with Crippen LogP contribution in [-0.4, -0.2) is 61.3 Å². The molecule has 0 radical (unpaired) electrons. The second-order valence-electron chi connectivity index (χ2n) is 7.64. The van der Waals surface area contributed by atoms with Crippen LogP contribution in [0.3, 0.4) is 0 Å². The third kappa shape index (κ3) is 3.97. The van der Waals surface area contributed by atoms with E-state index in [0.717, 1.165) is 64.1 Å². The van der Waals surface area contributed by atoms with Gasteiger partial charge in [-0.2, -0.15) is 0 Å². The molecule has 0 aromatic rings. The van der Waals surface area contributed by atoms with E-state index in [4.69, 9.17) is 4.74 Å². The highest BCUT2D eigenvalue weighted by Crippen LogP contribution is 2.50. The molecule has 1 atom stereocenters. The minimum Gasteiger partial charge on any atom is -0.462 e. The molecular formula is C20H31N3O2. The van der Waals surface area contributed by atoms with Crippen molar-refractivity contribution in [3.05, 3.63) is 23.5 Å². The van der Waals surface area contributed by atoms with Crippen LogP contribution in [-0.2, 0) is 9.53 Å². The van der Waals surface area contributed by atoms with Gasteiger partial charge in [-0.25, -0.2) is 0 Å². The van der Waals surface area contributed by atoms with Crippen LogP contribution in [0.5, 0.6) is 0 Å². The summed E-state index contributed by atoms with van der Waals surface area (Å²) in [7, 11) is 0. The average molecular weight is 345 g/mol. The first-order valence-corrected chi connectivity index (χ1v) is 9.56. The molecule has 1 saturated carbocycles. The van der Waals surface area contributed by atoms with Gasteiger partial charge < -0.3 is 9.64 Å². The van der Waals surface area contributed by atoms with Crippen LogP contribution in [0.25, 0.3) is 0 Å². The fourth-order valence-corrected chi connectivity index (χ4v) is 4.18. The van der Waals surface area contributed by atoms with Gasteiger partial charge in [-0.1, -0.05) is 12.5 Å². The molecule has 0 N–H and O–H groups in total. The molecule has 3 aliphatic rings. The third-order valence-corrected chi connectivity index (χ3v) is 6.04. The summed E-state index contributed by atoms with van der Waals surface area (Å²) in [6.07, 6.45) is 9.57. The van der Waals surface area contributed by atoms with Crippen LogP contribution in [0.4, 0.5) is 0 Å². The number of hydrogen-bond acceptors (Lipinski definition) is 5. The maximum Gasteiger partial charge on any atom is 0.312 e. The van der Waals surface area contributed by atoms with Gasteiger partial charge in [0.1, 0.15) is 6.10 Å². The van der Waals surface area contributed by atoms with Crippen molar-refractivity contribution in [2.75, 3.05) is 32.7 Å². The van der Waals surface area contributed by atoms with Gasteiger partial charge in [-0.15, -0.1) is 0 Å². The molecule has 2 saturated heterocycles. The molecule has 5 heteroatoms. The highest BCUT2D eigenvalue weighted by molar-refractivity contribution is 5.80. The monoisotopic (exact) mass is 345 g/mol. The number of esters is 1. The molecular weight excluding hydrogens is 314 g/mol. The molecule has 25 heavy (non-hydrogen) atoms. The van der Waals surface area contributed by atoms with Crippen molar-refractivity contribution in [2.45, 2.75) is 52.1 Å². The van der Waals surface area contributed by atoms with E-state index < -0.39 is 0 Å². The molecule has 1 aliphatic carbocycles. The SMILES string of the molecule is C=N/C(C)=C\C(=C/C)N1CCN(CCC2CC3(CCC3)C(=O)O2)CC1. The highest BCUT2D eigenvalue weighted by atomic mass is 16.6. The molecule has 5 nitrogen and oxygen atoms in total. The topological polar surface area (TPSA) is 45.1 Å². The first-order valence-electron chi connectivity index (χ1n) is 9.56. The Morgan fingerprint density at radius 2 is 2.08 bits per heavy atom. The Bertz CT molecular complexity index is 569. The van der Waals surface area contributed by atoms with Gasteiger partial charge in [0.05, 0.1) is 5.41 Å². The van der Waals surface area contributed by atoms with Crippen molar-refractivity contribution in [1.29, 1.82) is 0 Å². The minimum absolute atomic E-state index is 0.0734. The van der Waals surface area contributed by atoms with E-state index in [0.29, 0.717) is 0 Å². The standard InChI is InChI=1S/C20H31N3O2/c1-4-17(14-16(2)21-3)23-12-10-22(11-13-23)9-6-18-15-20(7-5-8-20)19(24)25-18/h4,14,18H,3,5-13,15H2,1-2H3/b16-14-,17-4+. The maximum atomic E-state index is 12.0. The molecule has 3 fully saturated rings. The highest BCUT2D eigenvalue weighted by Gasteiger charge is 2.52. The summed E-state index contributed by atoms with van der Waals surface area (Å²) in [6, 6.07) is 0. The lowest BCUT2D eigenvalue weighted by Crippen LogP contribution is -2.46. The zero-order chi connectivity index (χ0) is 17.9. The third-order valence-electron chi connectivity index (χ3n) is 6.04. The fraction of sp³-hybridized carbons (Fsp3) is 0.700. The second-order valence-corrected chi connectivity index (χ2v) is 7.64. The predicted octanol–water partition coefficient (Wildman–Crippen LogP) is 2.99. The van der Waals surface area contributed by atoms with Crippen LogP contribution in [0.1, 0.15) is 46.0 Å². The smallest absolute Gasteiger partial charge is 0.312 e. The molecule has 1 unspecified atom stereocenters. The van der Waals surface area contributed by atoms with Crippen LogP contribution in [0.2, 0.25) is 0 Å². The van der Waals surface area contributed by atoms with Gasteiger partial charge >= 0.3 is 5.97 Å². The maximum absolute atomic E-state index is 12.0. The molecule has 3 rings (SSSR count). The van der Waals surface area contributed by atoms with E-state index in [-0.39, 0.29) is 17.5 Å². The Balaban J connectivity index is 1.42. The zero-order valence-electron chi connectivity index (χ0n) is 15.7. The van der Waals surface area contributed by atoms with Crippen LogP contribution in [0.15, 0.2) is 28.5 Å². The van der Waals surface area contributed by atoms with E-state index >= 15 is 0 Å². The Morgan fingerprint density at radius 1 is 1.36 bits per heavy atom. The van der Waals surface area contributed by atoms with Gasteiger partial charge in [0.25, 0.3) is 0 Å². The van der Waals surface area contributed by atoms with Crippen molar-refractivity contribution in [3.8, 4) is 0 Å². The van der Waals surface area contributed by atoms with E-state index in [1.165, 1.54) is 12.1 Å². The summed E-state index contributed by atoms with van der Waals surface area (Å²) in [4.78, 5) is 20.9. The van der Waals surface area contributed by atoms with E-state index in [2.05, 4.69) is 40.6 Å². The fourth-order valence-electron chi connectivity index (χ4n) is 4.18. The number of nitrogens with zero attached hydrogens (tertiary/aromatic N) is 3. The number of allylic oxidation sites excluding steroid dienone is 3. The van der Waals surface area contributed by atoms with Gasteiger partial charge in [0.2, 0.25) is 0 Å². The number of carbonyl (C=O) groups excluding carboxylic acids is 1. The Morgan fingerprint density at radius 3 is 2.60 bits per heavy atom. The normalized spacial score (nSPS) is 27.4. The predicted molar refractivity (Wildman–Crippen MR) is 100 cm³/mol. The van der Waals surface area contributed by atoms with E-state index in [1.807, 2.05) is 6.92 Å². The molecule has 0 amide bonds. The Hall–Kier alpha value is -1.62. The minimum atomic E-state index is -0.0897. The summed E-state index contributed by atoms with van der Waals surface area (Å²) in [5.41, 5.74) is 2.08. The van der Waals surface area contributed by atoms with Crippen LogP contribution < -0.4 is 0 Å². The Labute approximate surface area is 151 Å². The Kier molecular flexibility index (Phi) is 5.62. The van der Waals surface area contributed by atoms with Crippen LogP contribution in [0, 0.1) is 5.41 Å².